The standard InChI is InChI=1S/C14H15N.BH3O3/c1-2-12-13(9-6-10-14(12)15)11-7-4-3-5-8-11;2-1(3)4/h3-10H,2,15H2,1H3;2-4H. The third-order valence-corrected chi connectivity index (χ3v) is 2.65. The fraction of sp³-hybridized carbons (Fsp3) is 0.143. The van der Waals surface area contributed by atoms with E-state index in [4.69, 9.17) is 20.8 Å². The molecule has 2 aromatic rings. The molecule has 0 aromatic heterocycles. The summed E-state index contributed by atoms with van der Waals surface area (Å²) in [5, 5.41) is 21.5. The maximum Gasteiger partial charge on any atom is 0.631 e. The molecule has 100 valence electrons. The summed E-state index contributed by atoms with van der Waals surface area (Å²) in [6.45, 7) is 2.14. The van der Waals surface area contributed by atoms with Gasteiger partial charge in [-0.3, -0.25) is 0 Å². The highest BCUT2D eigenvalue weighted by atomic mass is 16.5. The van der Waals surface area contributed by atoms with Gasteiger partial charge in [0.05, 0.1) is 0 Å². The second kappa shape index (κ2) is 7.58. The lowest BCUT2D eigenvalue weighted by Gasteiger charge is -2.10. The Balaban J connectivity index is 0.000000399. The number of rotatable bonds is 2. The van der Waals surface area contributed by atoms with Crippen molar-refractivity contribution < 1.29 is 15.1 Å². The molecule has 5 N–H and O–H groups in total. The number of hydrogen-bond acceptors (Lipinski definition) is 4. The van der Waals surface area contributed by atoms with Gasteiger partial charge in [0, 0.05) is 5.69 Å². The number of hydrogen-bond donors (Lipinski definition) is 4. The van der Waals surface area contributed by atoms with Gasteiger partial charge in [-0.05, 0) is 29.2 Å². The molecule has 0 aliphatic carbocycles. The molecule has 5 heteroatoms. The van der Waals surface area contributed by atoms with Crippen LogP contribution in [-0.2, 0) is 6.42 Å². The molecule has 0 unspecified atom stereocenters. The van der Waals surface area contributed by atoms with Crippen LogP contribution in [0.15, 0.2) is 48.5 Å². The largest absolute Gasteiger partial charge is 0.631 e. The maximum atomic E-state index is 7.17. The van der Waals surface area contributed by atoms with Crippen LogP contribution in [0.2, 0.25) is 0 Å². The fourth-order valence-electron chi connectivity index (χ4n) is 1.89. The molecule has 0 radical (unpaired) electrons. The van der Waals surface area contributed by atoms with Crippen LogP contribution in [0.1, 0.15) is 12.5 Å². The van der Waals surface area contributed by atoms with Crippen LogP contribution in [0, 0.1) is 0 Å². The van der Waals surface area contributed by atoms with E-state index in [1.165, 1.54) is 16.7 Å². The molecule has 0 aliphatic rings. The van der Waals surface area contributed by atoms with E-state index in [-0.39, 0.29) is 0 Å². The van der Waals surface area contributed by atoms with Gasteiger partial charge in [0.25, 0.3) is 0 Å². The van der Waals surface area contributed by atoms with Crippen LogP contribution < -0.4 is 5.73 Å². The lowest BCUT2D eigenvalue weighted by molar-refractivity contribution is 0.278. The molecule has 0 atom stereocenters. The zero-order valence-corrected chi connectivity index (χ0v) is 10.8. The van der Waals surface area contributed by atoms with Crippen molar-refractivity contribution in [1.82, 2.24) is 0 Å². The van der Waals surface area contributed by atoms with Crippen LogP contribution in [0.3, 0.4) is 0 Å². The minimum absolute atomic E-state index is 0.888. The van der Waals surface area contributed by atoms with E-state index in [0.29, 0.717) is 0 Å². The first kappa shape index (κ1) is 15.2. The van der Waals surface area contributed by atoms with Crippen molar-refractivity contribution in [1.29, 1.82) is 0 Å². The monoisotopic (exact) mass is 259 g/mol. The lowest BCUT2D eigenvalue weighted by Crippen LogP contribution is -2.07. The Hall–Kier alpha value is -1.82. The molecule has 0 amide bonds. The Morgan fingerprint density at radius 1 is 0.947 bits per heavy atom. The third kappa shape index (κ3) is 4.75. The van der Waals surface area contributed by atoms with Crippen molar-refractivity contribution in [2.75, 3.05) is 5.73 Å². The number of nitrogen functional groups attached to an aromatic ring is 1. The van der Waals surface area contributed by atoms with E-state index in [9.17, 15) is 0 Å². The quantitative estimate of drug-likeness (QED) is 0.485. The minimum atomic E-state index is -2.17. The van der Waals surface area contributed by atoms with Crippen molar-refractivity contribution >= 4 is 13.0 Å². The van der Waals surface area contributed by atoms with Crippen molar-refractivity contribution in [2.45, 2.75) is 13.3 Å². The van der Waals surface area contributed by atoms with Crippen LogP contribution in [0.25, 0.3) is 11.1 Å². The Morgan fingerprint density at radius 2 is 1.53 bits per heavy atom. The zero-order valence-electron chi connectivity index (χ0n) is 10.8. The van der Waals surface area contributed by atoms with E-state index < -0.39 is 7.32 Å². The number of anilines is 1. The number of nitrogens with two attached hydrogens (primary N) is 1. The molecule has 0 aliphatic heterocycles. The zero-order chi connectivity index (χ0) is 14.3. The van der Waals surface area contributed by atoms with Gasteiger partial charge in [-0.15, -0.1) is 0 Å². The van der Waals surface area contributed by atoms with Crippen molar-refractivity contribution in [2.24, 2.45) is 0 Å². The molecule has 0 bridgehead atoms. The van der Waals surface area contributed by atoms with Gasteiger partial charge in [-0.2, -0.15) is 0 Å². The Bertz CT molecular complexity index is 501. The van der Waals surface area contributed by atoms with Crippen LogP contribution in [0.4, 0.5) is 5.69 Å². The SMILES string of the molecule is CCc1c(N)cccc1-c1ccccc1.OB(O)O. The first-order valence-electron chi connectivity index (χ1n) is 6.03. The Morgan fingerprint density at radius 3 is 2.05 bits per heavy atom. The molecular formula is C14H18BNO3. The van der Waals surface area contributed by atoms with Gasteiger partial charge < -0.3 is 20.8 Å². The van der Waals surface area contributed by atoms with E-state index in [1.54, 1.807) is 0 Å². The molecule has 0 saturated carbocycles. The van der Waals surface area contributed by atoms with Crippen molar-refractivity contribution in [3.05, 3.63) is 54.1 Å². The van der Waals surface area contributed by atoms with Crippen LogP contribution in [-0.4, -0.2) is 22.4 Å². The van der Waals surface area contributed by atoms with E-state index in [1.807, 2.05) is 18.2 Å². The minimum Gasteiger partial charge on any atom is -0.402 e. The first-order valence-corrected chi connectivity index (χ1v) is 6.03. The molecule has 0 saturated heterocycles. The lowest BCUT2D eigenvalue weighted by atomic mass is 9.97. The average molecular weight is 259 g/mol. The summed E-state index contributed by atoms with van der Waals surface area (Å²) in [7, 11) is -2.17. The summed E-state index contributed by atoms with van der Waals surface area (Å²) in [6.07, 6.45) is 0.969. The summed E-state index contributed by atoms with van der Waals surface area (Å²) in [4.78, 5) is 0. The molecule has 4 nitrogen and oxygen atoms in total. The maximum absolute atomic E-state index is 7.17. The summed E-state index contributed by atoms with van der Waals surface area (Å²) in [6, 6.07) is 16.5. The second-order valence-corrected chi connectivity index (χ2v) is 3.94. The van der Waals surface area contributed by atoms with Gasteiger partial charge in [0.15, 0.2) is 0 Å². The van der Waals surface area contributed by atoms with Crippen LogP contribution >= 0.6 is 0 Å². The van der Waals surface area contributed by atoms with Crippen molar-refractivity contribution in [3.8, 4) is 11.1 Å². The first-order chi connectivity index (χ1) is 9.06. The molecule has 0 heterocycles. The van der Waals surface area contributed by atoms with Gasteiger partial charge >= 0.3 is 7.32 Å². The Kier molecular flexibility index (Phi) is 6.08. The summed E-state index contributed by atoms with van der Waals surface area (Å²) >= 11 is 0. The molecule has 2 aromatic carbocycles. The summed E-state index contributed by atoms with van der Waals surface area (Å²) < 4.78 is 0. The molecule has 2 rings (SSSR count). The highest BCUT2D eigenvalue weighted by Crippen LogP contribution is 2.27. The predicted molar refractivity (Wildman–Crippen MR) is 78.1 cm³/mol. The van der Waals surface area contributed by atoms with Gasteiger partial charge in [-0.1, -0.05) is 49.4 Å². The topological polar surface area (TPSA) is 86.7 Å². The highest BCUT2D eigenvalue weighted by molar-refractivity contribution is 6.30. The molecule has 0 fully saturated rings. The van der Waals surface area contributed by atoms with Crippen LogP contribution in [0.5, 0.6) is 0 Å². The average Bonchev–Trinajstić information content (AvgIpc) is 2.39. The predicted octanol–water partition coefficient (Wildman–Crippen LogP) is 1.45. The summed E-state index contributed by atoms with van der Waals surface area (Å²) in [5.74, 6) is 0. The number of benzene rings is 2. The van der Waals surface area contributed by atoms with E-state index in [2.05, 4.69) is 37.3 Å². The normalized spacial score (nSPS) is 9.47. The third-order valence-electron chi connectivity index (χ3n) is 2.65. The smallest absolute Gasteiger partial charge is 0.402 e. The van der Waals surface area contributed by atoms with Crippen molar-refractivity contribution in [3.63, 3.8) is 0 Å². The molecular weight excluding hydrogens is 241 g/mol. The highest BCUT2D eigenvalue weighted by Gasteiger charge is 2.05. The summed E-state index contributed by atoms with van der Waals surface area (Å²) in [5.41, 5.74) is 10.6. The fourth-order valence-corrected chi connectivity index (χ4v) is 1.89. The second-order valence-electron chi connectivity index (χ2n) is 3.94. The van der Waals surface area contributed by atoms with Gasteiger partial charge in [0.2, 0.25) is 0 Å². The molecule has 0 spiro atoms. The Labute approximate surface area is 113 Å². The van der Waals surface area contributed by atoms with E-state index >= 15 is 0 Å². The molecule has 19 heavy (non-hydrogen) atoms. The van der Waals surface area contributed by atoms with Gasteiger partial charge in [-0.25, -0.2) is 0 Å². The van der Waals surface area contributed by atoms with E-state index in [0.717, 1.165) is 12.1 Å². The van der Waals surface area contributed by atoms with Gasteiger partial charge in [0.1, 0.15) is 0 Å².